The molecule has 0 bridgehead atoms. The molecule has 0 unspecified atom stereocenters. The first-order valence-electron chi connectivity index (χ1n) is 8.20. The van der Waals surface area contributed by atoms with Crippen LogP contribution in [0, 0.1) is 5.82 Å². The maximum Gasteiger partial charge on any atom is 0.422 e. The molecule has 28 heavy (non-hydrogen) atoms. The van der Waals surface area contributed by atoms with E-state index in [1.54, 1.807) is 31.3 Å². The third-order valence-corrected chi connectivity index (χ3v) is 3.51. The Morgan fingerprint density at radius 2 is 1.89 bits per heavy atom. The Hall–Kier alpha value is -2.11. The average molecular weight is 512 g/mol. The van der Waals surface area contributed by atoms with Crippen molar-refractivity contribution < 1.29 is 22.3 Å². The summed E-state index contributed by atoms with van der Waals surface area (Å²) in [7, 11) is 1.60. The summed E-state index contributed by atoms with van der Waals surface area (Å²) >= 11 is 0. The molecule has 1 aromatic carbocycles. The topological polar surface area (TPSA) is 58.5 Å². The fourth-order valence-electron chi connectivity index (χ4n) is 2.18. The molecule has 0 fully saturated rings. The minimum Gasteiger partial charge on any atom is -0.468 e. The summed E-state index contributed by atoms with van der Waals surface area (Å²) in [5.74, 6) is 0.174. The van der Waals surface area contributed by atoms with Crippen molar-refractivity contribution in [1.82, 2.24) is 15.6 Å². The molecule has 0 saturated heterocycles. The third-order valence-electron chi connectivity index (χ3n) is 3.51. The smallest absolute Gasteiger partial charge is 0.422 e. The van der Waals surface area contributed by atoms with Gasteiger partial charge in [0.15, 0.2) is 12.6 Å². The molecular formula is C18H21F4IN4O. The molecule has 0 atom stereocenters. The molecule has 1 aromatic heterocycles. The number of nitrogens with one attached hydrogen (secondary N) is 2. The number of rotatable bonds is 7. The number of ether oxygens (including phenoxy) is 1. The second-order valence-corrected chi connectivity index (χ2v) is 5.60. The first-order valence-corrected chi connectivity index (χ1v) is 8.20. The molecule has 0 aliphatic rings. The van der Waals surface area contributed by atoms with Crippen LogP contribution in [-0.4, -0.2) is 37.3 Å². The van der Waals surface area contributed by atoms with Crippen molar-refractivity contribution in [3.63, 3.8) is 0 Å². The fourth-order valence-corrected chi connectivity index (χ4v) is 2.18. The van der Waals surface area contributed by atoms with E-state index in [-0.39, 0.29) is 35.7 Å². The Morgan fingerprint density at radius 1 is 1.14 bits per heavy atom. The van der Waals surface area contributed by atoms with Crippen molar-refractivity contribution in [2.24, 2.45) is 4.99 Å². The molecule has 2 rings (SSSR count). The van der Waals surface area contributed by atoms with Gasteiger partial charge < -0.3 is 15.4 Å². The van der Waals surface area contributed by atoms with E-state index >= 15 is 0 Å². The van der Waals surface area contributed by atoms with Crippen LogP contribution < -0.4 is 15.4 Å². The van der Waals surface area contributed by atoms with Crippen molar-refractivity contribution >= 4 is 29.9 Å². The van der Waals surface area contributed by atoms with Crippen molar-refractivity contribution in [2.45, 2.75) is 19.1 Å². The zero-order valence-electron chi connectivity index (χ0n) is 15.1. The van der Waals surface area contributed by atoms with E-state index in [9.17, 15) is 17.6 Å². The third kappa shape index (κ3) is 8.72. The summed E-state index contributed by atoms with van der Waals surface area (Å²) in [4.78, 5) is 7.89. The molecule has 0 aliphatic carbocycles. The number of alkyl halides is 3. The first kappa shape index (κ1) is 23.9. The lowest BCUT2D eigenvalue weighted by Crippen LogP contribution is -2.37. The van der Waals surface area contributed by atoms with Crippen molar-refractivity contribution in [2.75, 3.05) is 20.2 Å². The van der Waals surface area contributed by atoms with Crippen molar-refractivity contribution in [3.8, 4) is 5.88 Å². The van der Waals surface area contributed by atoms with Gasteiger partial charge in [0, 0.05) is 32.4 Å². The Morgan fingerprint density at radius 3 is 2.50 bits per heavy atom. The van der Waals surface area contributed by atoms with Crippen molar-refractivity contribution in [3.05, 3.63) is 59.5 Å². The molecule has 0 saturated carbocycles. The molecule has 0 radical (unpaired) electrons. The van der Waals surface area contributed by atoms with E-state index in [2.05, 4.69) is 25.3 Å². The highest BCUT2D eigenvalue weighted by Gasteiger charge is 2.28. The molecule has 0 amide bonds. The SMILES string of the molecule is CN=C(NCCc1ccccc1F)NCc1ccc(OCC(F)(F)F)nc1.I. The molecule has 5 nitrogen and oxygen atoms in total. The van der Waals surface area contributed by atoms with Crippen LogP contribution >= 0.6 is 24.0 Å². The number of aliphatic imine (C=N–C) groups is 1. The summed E-state index contributed by atoms with van der Waals surface area (Å²) in [6, 6.07) is 9.54. The minimum absolute atomic E-state index is 0. The Balaban J connectivity index is 0.00000392. The average Bonchev–Trinajstić information content (AvgIpc) is 2.64. The predicted molar refractivity (Wildman–Crippen MR) is 110 cm³/mol. The number of guanidine groups is 1. The number of hydrogen-bond acceptors (Lipinski definition) is 3. The number of nitrogens with zero attached hydrogens (tertiary/aromatic N) is 2. The first-order chi connectivity index (χ1) is 12.9. The van der Waals surface area contributed by atoms with E-state index < -0.39 is 12.8 Å². The van der Waals surface area contributed by atoms with Crippen LogP contribution in [-0.2, 0) is 13.0 Å². The summed E-state index contributed by atoms with van der Waals surface area (Å²) in [6.45, 7) is -0.523. The molecular weight excluding hydrogens is 491 g/mol. The van der Waals surface area contributed by atoms with Gasteiger partial charge in [0.1, 0.15) is 5.82 Å². The van der Waals surface area contributed by atoms with Crippen LogP contribution in [0.15, 0.2) is 47.6 Å². The van der Waals surface area contributed by atoms with Gasteiger partial charge in [-0.15, -0.1) is 24.0 Å². The zero-order chi connectivity index (χ0) is 19.7. The van der Waals surface area contributed by atoms with Gasteiger partial charge in [-0.1, -0.05) is 24.3 Å². The molecule has 154 valence electrons. The molecule has 0 aliphatic heterocycles. The molecule has 2 N–H and O–H groups in total. The normalized spacial score (nSPS) is 11.5. The second-order valence-electron chi connectivity index (χ2n) is 5.60. The van der Waals surface area contributed by atoms with Crippen LogP contribution in [0.4, 0.5) is 17.6 Å². The Labute approximate surface area is 177 Å². The van der Waals surface area contributed by atoms with Gasteiger partial charge >= 0.3 is 6.18 Å². The number of benzene rings is 1. The lowest BCUT2D eigenvalue weighted by Gasteiger charge is -2.12. The Bertz CT molecular complexity index is 754. The number of aromatic nitrogens is 1. The van der Waals surface area contributed by atoms with E-state index in [1.807, 2.05) is 0 Å². The van der Waals surface area contributed by atoms with Gasteiger partial charge in [0.05, 0.1) is 0 Å². The summed E-state index contributed by atoms with van der Waals surface area (Å²) in [5, 5.41) is 6.11. The standard InChI is InChI=1S/C18H20F4N4O.HI/c1-23-17(24-9-8-14-4-2-3-5-15(14)19)26-11-13-6-7-16(25-10-13)27-12-18(20,21)22;/h2-7,10H,8-9,11-12H2,1H3,(H2,23,24,26);1H. The van der Waals surface area contributed by atoms with Gasteiger partial charge in [-0.2, -0.15) is 13.2 Å². The quantitative estimate of drug-likeness (QED) is 0.257. The van der Waals surface area contributed by atoms with Gasteiger partial charge in [0.2, 0.25) is 5.88 Å². The highest BCUT2D eigenvalue weighted by Crippen LogP contribution is 2.17. The molecule has 10 heteroatoms. The van der Waals surface area contributed by atoms with E-state index in [0.29, 0.717) is 31.0 Å². The molecule has 0 spiro atoms. The zero-order valence-corrected chi connectivity index (χ0v) is 17.4. The maximum atomic E-state index is 13.6. The van der Waals surface area contributed by atoms with Crippen molar-refractivity contribution in [1.29, 1.82) is 0 Å². The number of hydrogen-bond donors (Lipinski definition) is 2. The molecule has 2 aromatic rings. The van der Waals surface area contributed by atoms with Gasteiger partial charge in [0.25, 0.3) is 0 Å². The summed E-state index contributed by atoms with van der Waals surface area (Å²) in [5.41, 5.74) is 1.35. The van der Waals surface area contributed by atoms with E-state index in [4.69, 9.17) is 0 Å². The van der Waals surface area contributed by atoms with Crippen LogP contribution in [0.3, 0.4) is 0 Å². The van der Waals surface area contributed by atoms with Gasteiger partial charge in [-0.25, -0.2) is 9.37 Å². The fraction of sp³-hybridized carbons (Fsp3) is 0.333. The van der Waals surface area contributed by atoms with Crippen LogP contribution in [0.25, 0.3) is 0 Å². The number of pyridine rings is 1. The van der Waals surface area contributed by atoms with E-state index in [0.717, 1.165) is 5.56 Å². The number of halogens is 5. The second kappa shape index (κ2) is 11.7. The highest BCUT2D eigenvalue weighted by atomic mass is 127. The van der Waals surface area contributed by atoms with Gasteiger partial charge in [-0.3, -0.25) is 4.99 Å². The van der Waals surface area contributed by atoms with Gasteiger partial charge in [-0.05, 0) is 23.6 Å². The van der Waals surface area contributed by atoms with Crippen LogP contribution in [0.1, 0.15) is 11.1 Å². The Kier molecular flexibility index (Phi) is 9.97. The largest absolute Gasteiger partial charge is 0.468 e. The highest BCUT2D eigenvalue weighted by molar-refractivity contribution is 14.0. The summed E-state index contributed by atoms with van der Waals surface area (Å²) in [6.07, 6.45) is -2.48. The lowest BCUT2D eigenvalue weighted by atomic mass is 10.1. The van der Waals surface area contributed by atoms with Crippen LogP contribution in [0.2, 0.25) is 0 Å². The van der Waals surface area contributed by atoms with E-state index in [1.165, 1.54) is 18.3 Å². The summed E-state index contributed by atoms with van der Waals surface area (Å²) < 4.78 is 54.4. The minimum atomic E-state index is -4.40. The van der Waals surface area contributed by atoms with Crippen LogP contribution in [0.5, 0.6) is 5.88 Å². The maximum absolute atomic E-state index is 13.6. The molecule has 1 heterocycles. The lowest BCUT2D eigenvalue weighted by molar-refractivity contribution is -0.154. The monoisotopic (exact) mass is 512 g/mol. The predicted octanol–water partition coefficient (Wildman–Crippen LogP) is 3.69.